The summed E-state index contributed by atoms with van der Waals surface area (Å²) in [6.07, 6.45) is 2.37. The SMILES string of the molecule is O=C1CCC2Cc3cc(F)ccc3N12. The van der Waals surface area contributed by atoms with E-state index in [4.69, 9.17) is 0 Å². The Hall–Kier alpha value is -1.38. The third-order valence-electron chi connectivity index (χ3n) is 3.08. The first kappa shape index (κ1) is 7.97. The number of hydrogen-bond acceptors (Lipinski definition) is 1. The van der Waals surface area contributed by atoms with Gasteiger partial charge in [0, 0.05) is 18.2 Å². The molecule has 1 aromatic rings. The van der Waals surface area contributed by atoms with Gasteiger partial charge in [-0.1, -0.05) is 0 Å². The van der Waals surface area contributed by atoms with Crippen molar-refractivity contribution in [1.82, 2.24) is 0 Å². The standard InChI is InChI=1S/C11H10FNO/c12-8-1-3-10-7(5-8)6-9-2-4-11(14)13(9)10/h1,3,5,9H,2,4,6H2. The maximum absolute atomic E-state index is 12.9. The van der Waals surface area contributed by atoms with E-state index in [0.29, 0.717) is 12.5 Å². The first-order chi connectivity index (χ1) is 6.75. The topological polar surface area (TPSA) is 20.3 Å². The van der Waals surface area contributed by atoms with Crippen molar-refractivity contribution in [3.63, 3.8) is 0 Å². The van der Waals surface area contributed by atoms with Crippen molar-refractivity contribution in [3.05, 3.63) is 29.6 Å². The van der Waals surface area contributed by atoms with Gasteiger partial charge in [-0.3, -0.25) is 4.79 Å². The summed E-state index contributed by atoms with van der Waals surface area (Å²) in [6.45, 7) is 0. The zero-order valence-corrected chi connectivity index (χ0v) is 7.66. The zero-order chi connectivity index (χ0) is 9.71. The fourth-order valence-corrected chi connectivity index (χ4v) is 2.47. The van der Waals surface area contributed by atoms with Crippen LogP contribution in [0, 0.1) is 5.82 Å². The van der Waals surface area contributed by atoms with Gasteiger partial charge in [-0.2, -0.15) is 0 Å². The van der Waals surface area contributed by atoms with Crippen molar-refractivity contribution < 1.29 is 9.18 Å². The Balaban J connectivity index is 2.11. The number of hydrogen-bond donors (Lipinski definition) is 0. The minimum Gasteiger partial charge on any atom is -0.309 e. The quantitative estimate of drug-likeness (QED) is 0.613. The molecule has 1 amide bonds. The van der Waals surface area contributed by atoms with Gasteiger partial charge in [0.05, 0.1) is 0 Å². The Labute approximate surface area is 81.3 Å². The molecule has 2 nitrogen and oxygen atoms in total. The summed E-state index contributed by atoms with van der Waals surface area (Å²) in [5, 5.41) is 0. The highest BCUT2D eigenvalue weighted by Crippen LogP contribution is 2.38. The summed E-state index contributed by atoms with van der Waals surface area (Å²) in [4.78, 5) is 13.4. The molecule has 0 spiro atoms. The van der Waals surface area contributed by atoms with E-state index in [9.17, 15) is 9.18 Å². The predicted octanol–water partition coefficient (Wildman–Crippen LogP) is 1.88. The third kappa shape index (κ3) is 0.924. The molecule has 0 saturated carbocycles. The van der Waals surface area contributed by atoms with Gasteiger partial charge in [0.1, 0.15) is 5.82 Å². The number of nitrogens with zero attached hydrogens (tertiary/aromatic N) is 1. The Morgan fingerprint density at radius 1 is 1.43 bits per heavy atom. The lowest BCUT2D eigenvalue weighted by molar-refractivity contribution is -0.117. The Kier molecular flexibility index (Phi) is 1.46. The summed E-state index contributed by atoms with van der Waals surface area (Å²) in [5.74, 6) is -0.0299. The van der Waals surface area contributed by atoms with Gasteiger partial charge in [0.25, 0.3) is 0 Å². The monoisotopic (exact) mass is 191 g/mol. The lowest BCUT2D eigenvalue weighted by atomic mass is 10.1. The Morgan fingerprint density at radius 2 is 2.29 bits per heavy atom. The van der Waals surface area contributed by atoms with Crippen LogP contribution in [0.1, 0.15) is 18.4 Å². The van der Waals surface area contributed by atoms with E-state index in [-0.39, 0.29) is 11.7 Å². The molecule has 1 atom stereocenters. The van der Waals surface area contributed by atoms with E-state index in [2.05, 4.69) is 0 Å². The third-order valence-corrected chi connectivity index (χ3v) is 3.08. The number of carbonyl (C=O) groups excluding carboxylic acids is 1. The fourth-order valence-electron chi connectivity index (χ4n) is 2.47. The molecule has 72 valence electrons. The number of anilines is 1. The summed E-state index contributed by atoms with van der Waals surface area (Å²) in [7, 11) is 0. The molecular weight excluding hydrogens is 181 g/mol. The van der Waals surface area contributed by atoms with Crippen LogP contribution >= 0.6 is 0 Å². The normalized spacial score (nSPS) is 23.9. The molecule has 1 aromatic carbocycles. The average Bonchev–Trinajstić information content (AvgIpc) is 2.66. The van der Waals surface area contributed by atoms with Crippen molar-refractivity contribution in [2.45, 2.75) is 25.3 Å². The Morgan fingerprint density at radius 3 is 3.14 bits per heavy atom. The number of benzene rings is 1. The molecule has 0 aromatic heterocycles. The van der Waals surface area contributed by atoms with Crippen LogP contribution in [-0.4, -0.2) is 11.9 Å². The smallest absolute Gasteiger partial charge is 0.227 e. The highest BCUT2D eigenvalue weighted by atomic mass is 19.1. The molecule has 3 rings (SSSR count). The summed E-state index contributed by atoms with van der Waals surface area (Å²) in [6, 6.07) is 4.97. The van der Waals surface area contributed by atoms with Crippen molar-refractivity contribution in [2.75, 3.05) is 4.90 Å². The maximum atomic E-state index is 12.9. The van der Waals surface area contributed by atoms with Crippen LogP contribution in [0.2, 0.25) is 0 Å². The lowest BCUT2D eigenvalue weighted by Crippen LogP contribution is -2.28. The minimum absolute atomic E-state index is 0.181. The average molecular weight is 191 g/mol. The van der Waals surface area contributed by atoms with Crippen molar-refractivity contribution in [2.24, 2.45) is 0 Å². The van der Waals surface area contributed by atoms with E-state index >= 15 is 0 Å². The predicted molar refractivity (Wildman–Crippen MR) is 50.6 cm³/mol. The number of carbonyl (C=O) groups is 1. The van der Waals surface area contributed by atoms with Gasteiger partial charge < -0.3 is 4.90 Å². The first-order valence-electron chi connectivity index (χ1n) is 4.86. The highest BCUT2D eigenvalue weighted by molar-refractivity contribution is 5.98. The lowest BCUT2D eigenvalue weighted by Gasteiger charge is -2.15. The van der Waals surface area contributed by atoms with Crippen LogP contribution in [0.5, 0.6) is 0 Å². The number of amides is 1. The molecule has 0 N–H and O–H groups in total. The first-order valence-corrected chi connectivity index (χ1v) is 4.86. The number of halogens is 1. The summed E-state index contributed by atoms with van der Waals surface area (Å²) in [5.41, 5.74) is 1.89. The zero-order valence-electron chi connectivity index (χ0n) is 7.66. The maximum Gasteiger partial charge on any atom is 0.227 e. The highest BCUT2D eigenvalue weighted by Gasteiger charge is 2.38. The second-order valence-corrected chi connectivity index (χ2v) is 3.93. The second kappa shape index (κ2) is 2.56. The molecule has 0 radical (unpaired) electrons. The molecule has 3 heteroatoms. The van der Waals surface area contributed by atoms with Gasteiger partial charge in [-0.05, 0) is 36.6 Å². The van der Waals surface area contributed by atoms with Gasteiger partial charge >= 0.3 is 0 Å². The molecule has 2 aliphatic heterocycles. The van der Waals surface area contributed by atoms with Gasteiger partial charge in [-0.15, -0.1) is 0 Å². The van der Waals surface area contributed by atoms with E-state index in [1.807, 2.05) is 4.90 Å². The molecule has 0 aliphatic carbocycles. The van der Waals surface area contributed by atoms with Crippen LogP contribution in [0.4, 0.5) is 10.1 Å². The molecule has 0 bridgehead atoms. The molecule has 2 aliphatic rings. The van der Waals surface area contributed by atoms with Crippen LogP contribution in [0.25, 0.3) is 0 Å². The van der Waals surface area contributed by atoms with E-state index in [0.717, 1.165) is 24.1 Å². The van der Waals surface area contributed by atoms with Crippen molar-refractivity contribution in [3.8, 4) is 0 Å². The van der Waals surface area contributed by atoms with Gasteiger partial charge in [0.15, 0.2) is 0 Å². The molecule has 2 heterocycles. The Bertz CT molecular complexity index is 416. The van der Waals surface area contributed by atoms with E-state index < -0.39 is 0 Å². The minimum atomic E-state index is -0.211. The van der Waals surface area contributed by atoms with Crippen LogP contribution < -0.4 is 4.90 Å². The van der Waals surface area contributed by atoms with Gasteiger partial charge in [0.2, 0.25) is 5.91 Å². The van der Waals surface area contributed by atoms with Crippen LogP contribution in [0.3, 0.4) is 0 Å². The number of fused-ring (bicyclic) bond motifs is 3. The van der Waals surface area contributed by atoms with E-state index in [1.54, 1.807) is 12.1 Å². The van der Waals surface area contributed by atoms with Crippen molar-refractivity contribution >= 4 is 11.6 Å². The second-order valence-electron chi connectivity index (χ2n) is 3.93. The summed E-state index contributed by atoms with van der Waals surface area (Å²) < 4.78 is 12.9. The molecule has 1 fully saturated rings. The summed E-state index contributed by atoms with van der Waals surface area (Å²) >= 11 is 0. The number of rotatable bonds is 0. The van der Waals surface area contributed by atoms with E-state index in [1.165, 1.54) is 6.07 Å². The van der Waals surface area contributed by atoms with Crippen LogP contribution in [-0.2, 0) is 11.2 Å². The molecule has 14 heavy (non-hydrogen) atoms. The van der Waals surface area contributed by atoms with Crippen molar-refractivity contribution in [1.29, 1.82) is 0 Å². The fraction of sp³-hybridized carbons (Fsp3) is 0.364. The molecule has 1 saturated heterocycles. The van der Waals surface area contributed by atoms with Gasteiger partial charge in [-0.25, -0.2) is 4.39 Å². The largest absolute Gasteiger partial charge is 0.309 e. The van der Waals surface area contributed by atoms with Crippen LogP contribution in [0.15, 0.2) is 18.2 Å². The molecular formula is C11H10FNO. The molecule has 1 unspecified atom stereocenters.